The average molecular weight is 291 g/mol. The van der Waals surface area contributed by atoms with Crippen molar-refractivity contribution < 1.29 is 9.72 Å². The number of nitrogens with zero attached hydrogens (tertiary/aromatic N) is 2. The van der Waals surface area contributed by atoms with E-state index in [9.17, 15) is 14.9 Å². The van der Waals surface area contributed by atoms with Gasteiger partial charge in [0.15, 0.2) is 0 Å². The standard InChI is InChI=1S/C15H21N3O3/c1-4-8-17(15(19)11(2)12(3)16)10-13-6-5-7-14(9-13)18(20)21/h4-7,9,11-12H,1,8,10,16H2,2-3H3. The number of nitrogens with two attached hydrogens (primary N) is 1. The molecule has 1 rings (SSSR count). The van der Waals surface area contributed by atoms with Crippen molar-refractivity contribution in [3.8, 4) is 0 Å². The zero-order chi connectivity index (χ0) is 16.0. The van der Waals surface area contributed by atoms with Crippen LogP contribution in [-0.2, 0) is 11.3 Å². The summed E-state index contributed by atoms with van der Waals surface area (Å²) in [6, 6.07) is 6.01. The lowest BCUT2D eigenvalue weighted by molar-refractivity contribution is -0.384. The van der Waals surface area contributed by atoms with Crippen molar-refractivity contribution in [3.05, 3.63) is 52.6 Å². The van der Waals surface area contributed by atoms with Crippen molar-refractivity contribution >= 4 is 11.6 Å². The predicted molar refractivity (Wildman–Crippen MR) is 81.5 cm³/mol. The third-order valence-electron chi connectivity index (χ3n) is 3.33. The van der Waals surface area contributed by atoms with Crippen LogP contribution in [-0.4, -0.2) is 28.3 Å². The van der Waals surface area contributed by atoms with Crippen molar-refractivity contribution in [2.24, 2.45) is 11.7 Å². The molecule has 0 spiro atoms. The third-order valence-corrected chi connectivity index (χ3v) is 3.33. The molecule has 1 aromatic rings. The SMILES string of the molecule is C=CCN(Cc1cccc([N+](=O)[O-])c1)C(=O)C(C)C(C)N. The Morgan fingerprint density at radius 1 is 1.52 bits per heavy atom. The van der Waals surface area contributed by atoms with E-state index in [1.165, 1.54) is 12.1 Å². The summed E-state index contributed by atoms with van der Waals surface area (Å²) in [5.74, 6) is -0.403. The molecular formula is C15H21N3O3. The maximum atomic E-state index is 12.4. The lowest BCUT2D eigenvalue weighted by Crippen LogP contribution is -2.41. The van der Waals surface area contributed by atoms with E-state index >= 15 is 0 Å². The van der Waals surface area contributed by atoms with E-state index < -0.39 is 4.92 Å². The summed E-state index contributed by atoms with van der Waals surface area (Å²) in [6.07, 6.45) is 1.63. The Hall–Kier alpha value is -2.21. The molecule has 0 aliphatic carbocycles. The van der Waals surface area contributed by atoms with Crippen molar-refractivity contribution in [2.75, 3.05) is 6.54 Å². The molecule has 114 valence electrons. The lowest BCUT2D eigenvalue weighted by Gasteiger charge is -2.26. The van der Waals surface area contributed by atoms with Gasteiger partial charge in [0.05, 0.1) is 10.8 Å². The minimum absolute atomic E-state index is 0.0127. The molecular weight excluding hydrogens is 270 g/mol. The third kappa shape index (κ3) is 4.68. The molecule has 6 nitrogen and oxygen atoms in total. The molecule has 2 N–H and O–H groups in total. The van der Waals surface area contributed by atoms with E-state index in [1.54, 1.807) is 37.0 Å². The van der Waals surface area contributed by atoms with Crippen molar-refractivity contribution in [2.45, 2.75) is 26.4 Å². The monoisotopic (exact) mass is 291 g/mol. The van der Waals surface area contributed by atoms with Gasteiger partial charge in [-0.25, -0.2) is 0 Å². The topological polar surface area (TPSA) is 89.5 Å². The lowest BCUT2D eigenvalue weighted by atomic mass is 10.0. The van der Waals surface area contributed by atoms with Crippen molar-refractivity contribution in [3.63, 3.8) is 0 Å². The van der Waals surface area contributed by atoms with Crippen LogP contribution in [0, 0.1) is 16.0 Å². The second-order valence-corrected chi connectivity index (χ2v) is 5.08. The molecule has 21 heavy (non-hydrogen) atoms. The van der Waals surface area contributed by atoms with Crippen LogP contribution in [0.25, 0.3) is 0 Å². The highest BCUT2D eigenvalue weighted by molar-refractivity contribution is 5.79. The Morgan fingerprint density at radius 2 is 2.19 bits per heavy atom. The van der Waals surface area contributed by atoms with Gasteiger partial charge in [-0.1, -0.05) is 25.1 Å². The first-order chi connectivity index (χ1) is 9.86. The summed E-state index contributed by atoms with van der Waals surface area (Å²) in [7, 11) is 0. The molecule has 0 fully saturated rings. The zero-order valence-corrected chi connectivity index (χ0v) is 12.4. The Bertz CT molecular complexity index is 529. The van der Waals surface area contributed by atoms with Gasteiger partial charge in [0.1, 0.15) is 0 Å². The van der Waals surface area contributed by atoms with Crippen LogP contribution in [0.5, 0.6) is 0 Å². The van der Waals surface area contributed by atoms with E-state index in [2.05, 4.69) is 6.58 Å². The van der Waals surface area contributed by atoms with Crippen LogP contribution in [0.1, 0.15) is 19.4 Å². The average Bonchev–Trinajstić information content (AvgIpc) is 2.45. The van der Waals surface area contributed by atoms with Gasteiger partial charge in [0.2, 0.25) is 5.91 Å². The molecule has 2 atom stereocenters. The summed E-state index contributed by atoms with van der Waals surface area (Å²) in [6.45, 7) is 7.86. The van der Waals surface area contributed by atoms with Gasteiger partial charge in [0.25, 0.3) is 5.69 Å². The number of hydrogen-bond acceptors (Lipinski definition) is 4. The summed E-state index contributed by atoms with van der Waals surface area (Å²) < 4.78 is 0. The van der Waals surface area contributed by atoms with E-state index in [0.29, 0.717) is 18.7 Å². The number of nitro benzene ring substituents is 1. The highest BCUT2D eigenvalue weighted by Gasteiger charge is 2.23. The Morgan fingerprint density at radius 3 is 2.71 bits per heavy atom. The van der Waals surface area contributed by atoms with Crippen LogP contribution in [0.2, 0.25) is 0 Å². The fourth-order valence-corrected chi connectivity index (χ4v) is 1.89. The van der Waals surface area contributed by atoms with Gasteiger partial charge in [-0.2, -0.15) is 0 Å². The zero-order valence-electron chi connectivity index (χ0n) is 12.4. The number of carbonyl (C=O) groups excluding carboxylic acids is 1. The van der Waals surface area contributed by atoms with E-state index in [0.717, 1.165) is 0 Å². The quantitative estimate of drug-likeness (QED) is 0.473. The van der Waals surface area contributed by atoms with Crippen LogP contribution in [0.15, 0.2) is 36.9 Å². The molecule has 0 aromatic heterocycles. The minimum Gasteiger partial charge on any atom is -0.334 e. The molecule has 1 amide bonds. The summed E-state index contributed by atoms with van der Waals surface area (Å²) >= 11 is 0. The molecule has 0 aliphatic rings. The number of non-ortho nitro benzene ring substituents is 1. The second-order valence-electron chi connectivity index (χ2n) is 5.08. The predicted octanol–water partition coefficient (Wildman–Crippen LogP) is 2.09. The maximum Gasteiger partial charge on any atom is 0.269 e. The van der Waals surface area contributed by atoms with Gasteiger partial charge in [-0.3, -0.25) is 14.9 Å². The molecule has 0 aliphatic heterocycles. The van der Waals surface area contributed by atoms with Crippen molar-refractivity contribution in [1.82, 2.24) is 4.90 Å². The van der Waals surface area contributed by atoms with Gasteiger partial charge >= 0.3 is 0 Å². The number of carbonyl (C=O) groups is 1. The molecule has 2 unspecified atom stereocenters. The summed E-state index contributed by atoms with van der Waals surface area (Å²) in [5.41, 5.74) is 6.48. The Balaban J connectivity index is 2.92. The smallest absolute Gasteiger partial charge is 0.269 e. The summed E-state index contributed by atoms with van der Waals surface area (Å²) in [4.78, 5) is 24.3. The van der Waals surface area contributed by atoms with Gasteiger partial charge < -0.3 is 10.6 Å². The highest BCUT2D eigenvalue weighted by Crippen LogP contribution is 2.16. The van der Waals surface area contributed by atoms with Gasteiger partial charge in [-0.05, 0) is 12.5 Å². The highest BCUT2D eigenvalue weighted by atomic mass is 16.6. The first kappa shape index (κ1) is 16.8. The normalized spacial score (nSPS) is 13.3. The largest absolute Gasteiger partial charge is 0.334 e. The number of hydrogen-bond donors (Lipinski definition) is 1. The van der Waals surface area contributed by atoms with Crippen LogP contribution >= 0.6 is 0 Å². The molecule has 6 heteroatoms. The van der Waals surface area contributed by atoms with Gasteiger partial charge in [0, 0.05) is 31.3 Å². The Kier molecular flexibility index (Phi) is 6.05. The minimum atomic E-state index is -0.451. The van der Waals surface area contributed by atoms with Crippen LogP contribution < -0.4 is 5.73 Å². The van der Waals surface area contributed by atoms with Gasteiger partial charge in [-0.15, -0.1) is 6.58 Å². The number of benzene rings is 1. The fourth-order valence-electron chi connectivity index (χ4n) is 1.89. The maximum absolute atomic E-state index is 12.4. The van der Waals surface area contributed by atoms with E-state index in [4.69, 9.17) is 5.73 Å². The molecule has 0 bridgehead atoms. The number of rotatable bonds is 7. The van der Waals surface area contributed by atoms with Crippen LogP contribution in [0.3, 0.4) is 0 Å². The number of nitro groups is 1. The first-order valence-electron chi connectivity index (χ1n) is 6.75. The molecule has 0 saturated heterocycles. The molecule has 0 radical (unpaired) electrons. The summed E-state index contributed by atoms with van der Waals surface area (Å²) in [5, 5.41) is 10.8. The van der Waals surface area contributed by atoms with E-state index in [-0.39, 0.29) is 23.6 Å². The Labute approximate surface area is 124 Å². The van der Waals surface area contributed by atoms with Crippen LogP contribution in [0.4, 0.5) is 5.69 Å². The molecule has 1 aromatic carbocycles. The molecule has 0 saturated carbocycles. The van der Waals surface area contributed by atoms with E-state index in [1.807, 2.05) is 0 Å². The fraction of sp³-hybridized carbons (Fsp3) is 0.400. The molecule has 0 heterocycles. The second kappa shape index (κ2) is 7.54. The number of amides is 1. The van der Waals surface area contributed by atoms with Crippen molar-refractivity contribution in [1.29, 1.82) is 0 Å². The first-order valence-corrected chi connectivity index (χ1v) is 6.75.